The van der Waals surface area contributed by atoms with Crippen molar-refractivity contribution in [2.75, 3.05) is 10.6 Å². The van der Waals surface area contributed by atoms with Crippen molar-refractivity contribution in [1.29, 1.82) is 0 Å². The van der Waals surface area contributed by atoms with E-state index >= 15 is 0 Å². The first-order valence-electron chi connectivity index (χ1n) is 10.6. The van der Waals surface area contributed by atoms with Crippen LogP contribution in [-0.2, 0) is 11.2 Å². The maximum absolute atomic E-state index is 12.6. The molecule has 2 N–H and O–H groups in total. The van der Waals surface area contributed by atoms with Crippen LogP contribution in [-0.4, -0.2) is 25.4 Å². The number of rotatable bonds is 6. The van der Waals surface area contributed by atoms with Crippen molar-refractivity contribution in [3.63, 3.8) is 0 Å². The van der Waals surface area contributed by atoms with E-state index in [-0.39, 0.29) is 5.91 Å². The lowest BCUT2D eigenvalue weighted by Gasteiger charge is -2.11. The Hall–Kier alpha value is -4.52. The molecule has 5 rings (SSSR count). The van der Waals surface area contributed by atoms with E-state index < -0.39 is 0 Å². The summed E-state index contributed by atoms with van der Waals surface area (Å²) in [5, 5.41) is 8.51. The number of aryl methyl sites for hydroxylation is 1. The van der Waals surface area contributed by atoms with E-state index in [0.29, 0.717) is 18.1 Å². The zero-order valence-corrected chi connectivity index (χ0v) is 18.1. The number of anilines is 3. The summed E-state index contributed by atoms with van der Waals surface area (Å²) >= 11 is 0. The van der Waals surface area contributed by atoms with Crippen LogP contribution in [0.25, 0.3) is 16.6 Å². The first-order chi connectivity index (χ1) is 16.1. The molecule has 0 aliphatic carbocycles. The van der Waals surface area contributed by atoms with Crippen molar-refractivity contribution in [3.8, 4) is 5.82 Å². The first kappa shape index (κ1) is 20.4. The van der Waals surface area contributed by atoms with E-state index in [1.165, 1.54) is 0 Å². The van der Waals surface area contributed by atoms with Crippen LogP contribution in [0.2, 0.25) is 0 Å². The fourth-order valence-corrected chi connectivity index (χ4v) is 3.75. The zero-order chi connectivity index (χ0) is 22.6. The Morgan fingerprint density at radius 3 is 2.55 bits per heavy atom. The van der Waals surface area contributed by atoms with Crippen LogP contribution in [0.3, 0.4) is 0 Å². The summed E-state index contributed by atoms with van der Waals surface area (Å²) in [4.78, 5) is 25.6. The van der Waals surface area contributed by atoms with Gasteiger partial charge in [0.1, 0.15) is 23.8 Å². The predicted octanol–water partition coefficient (Wildman–Crippen LogP) is 5.05. The molecule has 3 aromatic carbocycles. The summed E-state index contributed by atoms with van der Waals surface area (Å²) < 4.78 is 1.83. The van der Waals surface area contributed by atoms with Gasteiger partial charge in [-0.25, -0.2) is 15.0 Å². The van der Waals surface area contributed by atoms with Gasteiger partial charge in [-0.3, -0.25) is 9.36 Å². The fourth-order valence-electron chi connectivity index (χ4n) is 3.75. The van der Waals surface area contributed by atoms with Crippen LogP contribution < -0.4 is 10.6 Å². The molecule has 2 heterocycles. The van der Waals surface area contributed by atoms with Gasteiger partial charge in [0.05, 0.1) is 6.42 Å². The molecule has 7 nitrogen and oxygen atoms in total. The molecule has 0 spiro atoms. The summed E-state index contributed by atoms with van der Waals surface area (Å²) in [6, 6.07) is 23.5. The number of imidazole rings is 1. The summed E-state index contributed by atoms with van der Waals surface area (Å²) in [6.45, 7) is 1.85. The molecule has 0 atom stereocenters. The molecule has 7 heteroatoms. The number of amides is 1. The van der Waals surface area contributed by atoms with E-state index in [1.807, 2.05) is 78.4 Å². The highest BCUT2D eigenvalue weighted by atomic mass is 16.1. The Balaban J connectivity index is 1.26. The standard InChI is InChI=1S/C26H22N6O/c1-18-28-24(16-25(29-18)32-14-13-27-17-32)30-21-9-11-22(12-10-21)31-26(33)15-20-7-4-6-19-5-2-3-8-23(19)20/h2-14,16-17H,15H2,1H3,(H,31,33)(H,28,29,30). The van der Waals surface area contributed by atoms with Gasteiger partial charge < -0.3 is 10.6 Å². The molecule has 0 saturated heterocycles. The summed E-state index contributed by atoms with van der Waals surface area (Å²) in [7, 11) is 0. The quantitative estimate of drug-likeness (QED) is 0.391. The molecular formula is C26H22N6O. The Morgan fingerprint density at radius 2 is 1.73 bits per heavy atom. The molecule has 33 heavy (non-hydrogen) atoms. The van der Waals surface area contributed by atoms with E-state index in [2.05, 4.69) is 37.7 Å². The van der Waals surface area contributed by atoms with Crippen molar-refractivity contribution in [2.45, 2.75) is 13.3 Å². The summed E-state index contributed by atoms with van der Waals surface area (Å²) in [6.07, 6.45) is 5.55. The minimum absolute atomic E-state index is 0.0524. The van der Waals surface area contributed by atoms with Crippen LogP contribution >= 0.6 is 0 Å². The normalized spacial score (nSPS) is 10.8. The number of nitrogens with zero attached hydrogens (tertiary/aromatic N) is 4. The highest BCUT2D eigenvalue weighted by molar-refractivity contribution is 5.96. The topological polar surface area (TPSA) is 84.7 Å². The van der Waals surface area contributed by atoms with Gasteiger partial charge in [0.15, 0.2) is 0 Å². The molecule has 0 fully saturated rings. The van der Waals surface area contributed by atoms with Crippen LogP contribution in [0.1, 0.15) is 11.4 Å². The Bertz CT molecular complexity index is 1410. The first-order valence-corrected chi connectivity index (χ1v) is 10.6. The number of nitrogens with one attached hydrogen (secondary N) is 2. The number of carbonyl (C=O) groups is 1. The molecule has 5 aromatic rings. The molecule has 0 bridgehead atoms. The average molecular weight is 435 g/mol. The van der Waals surface area contributed by atoms with Crippen molar-refractivity contribution in [2.24, 2.45) is 0 Å². The molecule has 0 aliphatic heterocycles. The second-order valence-corrected chi connectivity index (χ2v) is 7.69. The number of aromatic nitrogens is 4. The third-order valence-corrected chi connectivity index (χ3v) is 5.27. The molecule has 162 valence electrons. The number of benzene rings is 3. The largest absolute Gasteiger partial charge is 0.340 e. The maximum atomic E-state index is 12.6. The van der Waals surface area contributed by atoms with Crippen LogP contribution in [0.4, 0.5) is 17.2 Å². The zero-order valence-electron chi connectivity index (χ0n) is 18.1. The van der Waals surface area contributed by atoms with E-state index in [0.717, 1.165) is 33.5 Å². The molecule has 1 amide bonds. The van der Waals surface area contributed by atoms with E-state index in [9.17, 15) is 4.79 Å². The molecule has 0 radical (unpaired) electrons. The van der Waals surface area contributed by atoms with Crippen molar-refractivity contribution in [3.05, 3.63) is 103 Å². The minimum atomic E-state index is -0.0524. The van der Waals surface area contributed by atoms with Gasteiger partial charge in [0.25, 0.3) is 0 Å². The third kappa shape index (κ3) is 4.72. The molecule has 0 saturated carbocycles. The lowest BCUT2D eigenvalue weighted by molar-refractivity contribution is -0.115. The van der Waals surface area contributed by atoms with Gasteiger partial charge in [-0.15, -0.1) is 0 Å². The molecule has 2 aromatic heterocycles. The van der Waals surface area contributed by atoms with Crippen LogP contribution in [0.15, 0.2) is 91.5 Å². The minimum Gasteiger partial charge on any atom is -0.340 e. The number of carbonyl (C=O) groups excluding carboxylic acids is 1. The highest BCUT2D eigenvalue weighted by Crippen LogP contribution is 2.21. The predicted molar refractivity (Wildman–Crippen MR) is 130 cm³/mol. The fraction of sp³-hybridized carbons (Fsp3) is 0.0769. The Labute approximate surface area is 191 Å². The lowest BCUT2D eigenvalue weighted by atomic mass is 10.0. The molecule has 0 aliphatic rings. The van der Waals surface area contributed by atoms with Crippen LogP contribution in [0, 0.1) is 6.92 Å². The van der Waals surface area contributed by atoms with Gasteiger partial charge in [-0.1, -0.05) is 42.5 Å². The van der Waals surface area contributed by atoms with E-state index in [4.69, 9.17) is 0 Å². The maximum Gasteiger partial charge on any atom is 0.228 e. The third-order valence-electron chi connectivity index (χ3n) is 5.27. The smallest absolute Gasteiger partial charge is 0.228 e. The average Bonchev–Trinajstić information content (AvgIpc) is 3.35. The molecular weight excluding hydrogens is 412 g/mol. The monoisotopic (exact) mass is 434 g/mol. The van der Waals surface area contributed by atoms with Crippen molar-refractivity contribution >= 4 is 33.9 Å². The Kier molecular flexibility index (Phi) is 5.51. The number of hydrogen-bond acceptors (Lipinski definition) is 5. The summed E-state index contributed by atoms with van der Waals surface area (Å²) in [5.41, 5.74) is 2.61. The van der Waals surface area contributed by atoms with Crippen molar-refractivity contribution in [1.82, 2.24) is 19.5 Å². The highest BCUT2D eigenvalue weighted by Gasteiger charge is 2.08. The van der Waals surface area contributed by atoms with Crippen LogP contribution in [0.5, 0.6) is 0 Å². The van der Waals surface area contributed by atoms with Gasteiger partial charge in [-0.2, -0.15) is 0 Å². The second-order valence-electron chi connectivity index (χ2n) is 7.69. The van der Waals surface area contributed by atoms with Gasteiger partial charge >= 0.3 is 0 Å². The van der Waals surface area contributed by atoms with Crippen molar-refractivity contribution < 1.29 is 4.79 Å². The van der Waals surface area contributed by atoms with Gasteiger partial charge in [0, 0.05) is 29.8 Å². The Morgan fingerprint density at radius 1 is 0.939 bits per heavy atom. The summed E-state index contributed by atoms with van der Waals surface area (Å²) in [5.74, 6) is 2.02. The number of fused-ring (bicyclic) bond motifs is 1. The number of hydrogen-bond donors (Lipinski definition) is 2. The lowest BCUT2D eigenvalue weighted by Crippen LogP contribution is -2.14. The second kappa shape index (κ2) is 8.92. The van der Waals surface area contributed by atoms with Gasteiger partial charge in [0.2, 0.25) is 5.91 Å². The molecule has 0 unspecified atom stereocenters. The van der Waals surface area contributed by atoms with Gasteiger partial charge in [-0.05, 0) is 47.5 Å². The SMILES string of the molecule is Cc1nc(Nc2ccc(NC(=O)Cc3cccc4ccccc34)cc2)cc(-n2ccnc2)n1. The van der Waals surface area contributed by atoms with E-state index in [1.54, 1.807) is 12.5 Å².